The maximum Gasteiger partial charge on any atom is 0.337 e. The Bertz CT molecular complexity index is 793. The molecule has 4 aliphatic rings. The third-order valence-electron chi connectivity index (χ3n) is 6.78. The van der Waals surface area contributed by atoms with E-state index in [1.54, 1.807) is 30.3 Å². The number of rotatable bonds is 5. The van der Waals surface area contributed by atoms with Gasteiger partial charge in [0.2, 0.25) is 5.91 Å². The van der Waals surface area contributed by atoms with Crippen molar-refractivity contribution in [3.05, 3.63) is 41.5 Å². The molecule has 29 heavy (non-hydrogen) atoms. The monoisotopic (exact) mass is 396 g/mol. The Kier molecular flexibility index (Phi) is 5.43. The molecule has 1 aromatic carbocycles. The van der Waals surface area contributed by atoms with Crippen LogP contribution in [0, 0.1) is 23.2 Å². The molecule has 154 valence electrons. The fourth-order valence-corrected chi connectivity index (χ4v) is 6.08. The highest BCUT2D eigenvalue weighted by Gasteiger charge is 2.51. The van der Waals surface area contributed by atoms with Gasteiger partial charge in [-0.25, -0.2) is 4.79 Å². The number of carbonyl (C=O) groups excluding carboxylic acids is 3. The van der Waals surface area contributed by atoms with Crippen molar-refractivity contribution in [2.24, 2.45) is 23.2 Å². The predicted octanol–water partition coefficient (Wildman–Crippen LogP) is 3.24. The highest BCUT2D eigenvalue weighted by atomic mass is 16.5. The third-order valence-corrected chi connectivity index (χ3v) is 6.78. The quantitative estimate of drug-likeness (QED) is 0.455. The highest BCUT2D eigenvalue weighted by molar-refractivity contribution is 5.93. The van der Waals surface area contributed by atoms with Crippen LogP contribution in [-0.4, -0.2) is 24.9 Å². The van der Waals surface area contributed by atoms with Gasteiger partial charge in [-0.3, -0.25) is 20.4 Å². The van der Waals surface area contributed by atoms with Gasteiger partial charge < -0.3 is 4.74 Å². The number of hydrogen-bond donors (Lipinski definition) is 2. The summed E-state index contributed by atoms with van der Waals surface area (Å²) >= 11 is 0. The predicted molar refractivity (Wildman–Crippen MR) is 108 cm³/mol. The number of esters is 1. The van der Waals surface area contributed by atoms with E-state index in [1.807, 2.05) is 0 Å². The van der Waals surface area contributed by atoms with Crippen LogP contribution >= 0.6 is 0 Å². The molecular weight excluding hydrogens is 368 g/mol. The normalized spacial score (nSPS) is 29.6. The number of methoxy groups -OCH3 is 1. The van der Waals surface area contributed by atoms with E-state index >= 15 is 0 Å². The molecule has 4 saturated carbocycles. The number of ether oxygens (including phenoxy) is 1. The lowest BCUT2D eigenvalue weighted by Crippen LogP contribution is -2.49. The minimum absolute atomic E-state index is 0.101. The lowest BCUT2D eigenvalue weighted by Gasteiger charge is -2.56. The van der Waals surface area contributed by atoms with Crippen LogP contribution in [-0.2, 0) is 14.3 Å². The molecule has 0 aliphatic heterocycles. The first kappa shape index (κ1) is 19.7. The molecule has 4 aliphatic carbocycles. The van der Waals surface area contributed by atoms with Crippen molar-refractivity contribution in [2.45, 2.75) is 44.9 Å². The molecule has 4 fully saturated rings. The molecule has 0 spiro atoms. The maximum absolute atomic E-state index is 12.4. The SMILES string of the molecule is COC(=O)c1ccc(/C=C/C(=O)NNC(=O)CC23CC4CC(CC(C4)C2)C3)cc1. The largest absolute Gasteiger partial charge is 0.465 e. The summed E-state index contributed by atoms with van der Waals surface area (Å²) in [6, 6.07) is 6.72. The summed E-state index contributed by atoms with van der Waals surface area (Å²) in [6.07, 6.45) is 11.1. The molecule has 6 heteroatoms. The Hall–Kier alpha value is -2.63. The minimum Gasteiger partial charge on any atom is -0.465 e. The zero-order valence-corrected chi connectivity index (χ0v) is 16.8. The average molecular weight is 396 g/mol. The van der Waals surface area contributed by atoms with Crippen LogP contribution in [0.2, 0.25) is 0 Å². The molecule has 2 amide bonds. The van der Waals surface area contributed by atoms with Gasteiger partial charge in [0.15, 0.2) is 0 Å². The average Bonchev–Trinajstić information content (AvgIpc) is 2.69. The van der Waals surface area contributed by atoms with Crippen LogP contribution in [0.1, 0.15) is 60.9 Å². The van der Waals surface area contributed by atoms with E-state index in [0.29, 0.717) is 12.0 Å². The highest BCUT2D eigenvalue weighted by Crippen LogP contribution is 2.61. The van der Waals surface area contributed by atoms with Crippen LogP contribution in [0.5, 0.6) is 0 Å². The van der Waals surface area contributed by atoms with Gasteiger partial charge in [-0.1, -0.05) is 12.1 Å². The second-order valence-corrected chi connectivity index (χ2v) is 9.08. The summed E-state index contributed by atoms with van der Waals surface area (Å²) in [5.74, 6) is 1.52. The lowest BCUT2D eigenvalue weighted by atomic mass is 9.49. The molecule has 0 saturated heterocycles. The molecule has 0 atom stereocenters. The Morgan fingerprint density at radius 3 is 2.14 bits per heavy atom. The van der Waals surface area contributed by atoms with E-state index < -0.39 is 5.97 Å². The van der Waals surface area contributed by atoms with E-state index in [-0.39, 0.29) is 17.2 Å². The number of hydrogen-bond acceptors (Lipinski definition) is 4. The lowest BCUT2D eigenvalue weighted by molar-refractivity contribution is -0.133. The number of amides is 2. The molecule has 0 unspecified atom stereocenters. The van der Waals surface area contributed by atoms with Gasteiger partial charge in [0.1, 0.15) is 0 Å². The van der Waals surface area contributed by atoms with Crippen molar-refractivity contribution in [1.82, 2.24) is 10.9 Å². The van der Waals surface area contributed by atoms with Crippen LogP contribution in [0.3, 0.4) is 0 Å². The molecule has 0 heterocycles. The van der Waals surface area contributed by atoms with E-state index in [1.165, 1.54) is 51.7 Å². The smallest absolute Gasteiger partial charge is 0.337 e. The molecule has 6 nitrogen and oxygen atoms in total. The fourth-order valence-electron chi connectivity index (χ4n) is 6.08. The Labute approximate surface area is 171 Å². The van der Waals surface area contributed by atoms with E-state index in [4.69, 9.17) is 0 Å². The molecule has 2 N–H and O–H groups in total. The van der Waals surface area contributed by atoms with Crippen molar-refractivity contribution in [3.8, 4) is 0 Å². The van der Waals surface area contributed by atoms with Gasteiger partial charge in [-0.15, -0.1) is 0 Å². The maximum atomic E-state index is 12.4. The summed E-state index contributed by atoms with van der Waals surface area (Å²) < 4.78 is 4.65. The summed E-state index contributed by atoms with van der Waals surface area (Å²) in [7, 11) is 1.33. The molecule has 1 aromatic rings. The Balaban J connectivity index is 1.25. The summed E-state index contributed by atoms with van der Waals surface area (Å²) in [5.41, 5.74) is 6.42. The van der Waals surface area contributed by atoms with E-state index in [2.05, 4.69) is 15.6 Å². The van der Waals surface area contributed by atoms with Crippen molar-refractivity contribution in [1.29, 1.82) is 0 Å². The van der Waals surface area contributed by atoms with Gasteiger partial charge in [-0.2, -0.15) is 0 Å². The summed E-state index contributed by atoms with van der Waals surface area (Å²) in [4.78, 5) is 35.9. The summed E-state index contributed by atoms with van der Waals surface area (Å²) in [5, 5.41) is 0. The minimum atomic E-state index is -0.403. The Morgan fingerprint density at radius 2 is 1.59 bits per heavy atom. The standard InChI is InChI=1S/C23H28N2O4/c1-29-22(28)19-5-2-15(3-6-19)4-7-20(26)24-25-21(27)14-23-11-16-8-17(12-23)10-18(9-16)13-23/h2-7,16-18H,8-14H2,1H3,(H,24,26)(H,25,27)/b7-4+. The van der Waals surface area contributed by atoms with Gasteiger partial charge in [0, 0.05) is 12.5 Å². The second kappa shape index (κ2) is 8.01. The van der Waals surface area contributed by atoms with Crippen molar-refractivity contribution < 1.29 is 19.1 Å². The van der Waals surface area contributed by atoms with Gasteiger partial charge in [0.05, 0.1) is 12.7 Å². The topological polar surface area (TPSA) is 84.5 Å². The fraction of sp³-hybridized carbons (Fsp3) is 0.522. The zero-order chi connectivity index (χ0) is 20.4. The van der Waals surface area contributed by atoms with E-state index in [9.17, 15) is 14.4 Å². The molecule has 0 aromatic heterocycles. The Morgan fingerprint density at radius 1 is 1.00 bits per heavy atom. The molecule has 0 radical (unpaired) electrons. The first-order chi connectivity index (χ1) is 13.9. The molecule has 4 bridgehead atoms. The summed E-state index contributed by atoms with van der Waals surface area (Å²) in [6.45, 7) is 0. The van der Waals surface area contributed by atoms with Crippen LogP contribution in [0.4, 0.5) is 0 Å². The molecular formula is C23H28N2O4. The van der Waals surface area contributed by atoms with Gasteiger partial charge >= 0.3 is 5.97 Å². The van der Waals surface area contributed by atoms with Crippen LogP contribution < -0.4 is 10.9 Å². The van der Waals surface area contributed by atoms with Gasteiger partial charge in [-0.05, 0) is 85.5 Å². The van der Waals surface area contributed by atoms with Crippen LogP contribution in [0.25, 0.3) is 6.08 Å². The van der Waals surface area contributed by atoms with Gasteiger partial charge in [0.25, 0.3) is 5.91 Å². The van der Waals surface area contributed by atoms with Crippen molar-refractivity contribution in [2.75, 3.05) is 7.11 Å². The second-order valence-electron chi connectivity index (χ2n) is 9.08. The molecule has 5 rings (SSSR count). The number of benzene rings is 1. The van der Waals surface area contributed by atoms with Crippen LogP contribution in [0.15, 0.2) is 30.3 Å². The number of carbonyl (C=O) groups is 3. The van der Waals surface area contributed by atoms with E-state index in [0.717, 1.165) is 23.3 Å². The number of nitrogens with one attached hydrogen (secondary N) is 2. The van der Waals surface area contributed by atoms with Crippen molar-refractivity contribution in [3.63, 3.8) is 0 Å². The number of hydrazine groups is 1. The van der Waals surface area contributed by atoms with Crippen molar-refractivity contribution >= 4 is 23.9 Å². The first-order valence-corrected chi connectivity index (χ1v) is 10.4. The zero-order valence-electron chi connectivity index (χ0n) is 16.8. The first-order valence-electron chi connectivity index (χ1n) is 10.4. The third kappa shape index (κ3) is 4.52.